The van der Waals surface area contributed by atoms with Gasteiger partial charge in [-0.25, -0.2) is 4.39 Å². The number of carbonyl (C=O) groups is 3. The van der Waals surface area contributed by atoms with Gasteiger partial charge in [0.1, 0.15) is 17.9 Å². The maximum atomic E-state index is 13.4. The first kappa shape index (κ1) is 19.9. The van der Waals surface area contributed by atoms with Gasteiger partial charge in [0, 0.05) is 13.3 Å². The molecule has 0 aromatic heterocycles. The molecular weight excluding hydrogens is 337 g/mol. The molecule has 4 N–H and O–H groups in total. The summed E-state index contributed by atoms with van der Waals surface area (Å²) in [6.45, 7) is 1.30. The van der Waals surface area contributed by atoms with Crippen LogP contribution in [0.5, 0.6) is 0 Å². The Hall–Kier alpha value is -2.44. The summed E-state index contributed by atoms with van der Waals surface area (Å²) < 4.78 is 13.4. The van der Waals surface area contributed by atoms with Gasteiger partial charge in [-0.15, -0.1) is 0 Å². The number of benzene rings is 1. The maximum absolute atomic E-state index is 13.4. The molecular formula is C19H26FN3O3. The number of halogens is 1. The number of nitrogens with two attached hydrogens (primary N) is 1. The quantitative estimate of drug-likeness (QED) is 0.683. The molecule has 7 heteroatoms. The number of amides is 3. The molecule has 142 valence electrons. The van der Waals surface area contributed by atoms with Gasteiger partial charge in [0.25, 0.3) is 0 Å². The van der Waals surface area contributed by atoms with Gasteiger partial charge in [0.15, 0.2) is 0 Å². The lowest BCUT2D eigenvalue weighted by Crippen LogP contribution is -2.56. The Morgan fingerprint density at radius 1 is 1.19 bits per heavy atom. The molecule has 6 nitrogen and oxygen atoms in total. The Bertz CT molecular complexity index is 659. The van der Waals surface area contributed by atoms with E-state index in [4.69, 9.17) is 5.73 Å². The fraction of sp³-hybridized carbons (Fsp3) is 0.526. The average Bonchev–Trinajstić information content (AvgIpc) is 2.59. The highest BCUT2D eigenvalue weighted by atomic mass is 19.1. The summed E-state index contributed by atoms with van der Waals surface area (Å²) in [6, 6.07) is 4.18. The van der Waals surface area contributed by atoms with Crippen molar-refractivity contribution in [2.75, 3.05) is 0 Å². The molecule has 0 bridgehead atoms. The van der Waals surface area contributed by atoms with Crippen LogP contribution in [0, 0.1) is 11.7 Å². The lowest BCUT2D eigenvalue weighted by molar-refractivity contribution is -0.131. The number of hydrogen-bond acceptors (Lipinski definition) is 3. The van der Waals surface area contributed by atoms with Crippen LogP contribution in [-0.2, 0) is 20.8 Å². The van der Waals surface area contributed by atoms with Gasteiger partial charge in [0.2, 0.25) is 17.7 Å². The van der Waals surface area contributed by atoms with E-state index in [0.717, 1.165) is 32.1 Å². The summed E-state index contributed by atoms with van der Waals surface area (Å²) in [5.41, 5.74) is 6.08. The standard InChI is InChI=1S/C19H26FN3O3/c1-12(24)22-16(11-13-6-5-9-15(20)10-13)19(26)23-17(18(21)25)14-7-3-2-4-8-14/h5-6,9-10,14,16-17H,2-4,7-8,11H2,1H3,(H2,21,25)(H,22,24)(H,23,26)/t16-,17-/m0/s1. The predicted molar refractivity (Wildman–Crippen MR) is 95.4 cm³/mol. The molecule has 1 aliphatic carbocycles. The number of hydrogen-bond donors (Lipinski definition) is 3. The zero-order valence-corrected chi connectivity index (χ0v) is 15.0. The van der Waals surface area contributed by atoms with E-state index in [-0.39, 0.29) is 18.2 Å². The van der Waals surface area contributed by atoms with Gasteiger partial charge in [-0.1, -0.05) is 31.4 Å². The molecule has 0 aliphatic heterocycles. The van der Waals surface area contributed by atoms with Crippen molar-refractivity contribution in [2.24, 2.45) is 11.7 Å². The fourth-order valence-electron chi connectivity index (χ4n) is 3.50. The summed E-state index contributed by atoms with van der Waals surface area (Å²) in [7, 11) is 0. The van der Waals surface area contributed by atoms with Crippen molar-refractivity contribution < 1.29 is 18.8 Å². The van der Waals surface area contributed by atoms with E-state index in [1.54, 1.807) is 12.1 Å². The molecule has 1 aliphatic rings. The van der Waals surface area contributed by atoms with Crippen LogP contribution in [0.25, 0.3) is 0 Å². The largest absolute Gasteiger partial charge is 0.368 e. The van der Waals surface area contributed by atoms with E-state index in [1.165, 1.54) is 19.1 Å². The van der Waals surface area contributed by atoms with Crippen LogP contribution in [0.1, 0.15) is 44.6 Å². The highest BCUT2D eigenvalue weighted by molar-refractivity contribution is 5.91. The highest BCUT2D eigenvalue weighted by Crippen LogP contribution is 2.26. The zero-order valence-electron chi connectivity index (χ0n) is 15.0. The van der Waals surface area contributed by atoms with Crippen LogP contribution >= 0.6 is 0 Å². The molecule has 0 spiro atoms. The Labute approximate surface area is 152 Å². The van der Waals surface area contributed by atoms with Gasteiger partial charge >= 0.3 is 0 Å². The maximum Gasteiger partial charge on any atom is 0.243 e. The fourth-order valence-corrected chi connectivity index (χ4v) is 3.50. The van der Waals surface area contributed by atoms with Gasteiger partial charge in [-0.05, 0) is 36.5 Å². The van der Waals surface area contributed by atoms with Crippen LogP contribution in [-0.4, -0.2) is 29.8 Å². The van der Waals surface area contributed by atoms with Crippen molar-refractivity contribution in [3.63, 3.8) is 0 Å². The van der Waals surface area contributed by atoms with E-state index in [0.29, 0.717) is 5.56 Å². The first-order valence-electron chi connectivity index (χ1n) is 8.98. The van der Waals surface area contributed by atoms with Crippen molar-refractivity contribution in [3.8, 4) is 0 Å². The smallest absolute Gasteiger partial charge is 0.243 e. The molecule has 0 unspecified atom stereocenters. The normalized spacial score (nSPS) is 17.2. The minimum Gasteiger partial charge on any atom is -0.368 e. The van der Waals surface area contributed by atoms with Crippen molar-refractivity contribution in [1.82, 2.24) is 10.6 Å². The number of nitrogens with one attached hydrogen (secondary N) is 2. The van der Waals surface area contributed by atoms with E-state index in [1.807, 2.05) is 0 Å². The van der Waals surface area contributed by atoms with E-state index >= 15 is 0 Å². The monoisotopic (exact) mass is 363 g/mol. The van der Waals surface area contributed by atoms with Crippen molar-refractivity contribution in [1.29, 1.82) is 0 Å². The van der Waals surface area contributed by atoms with Crippen LogP contribution in [0.15, 0.2) is 24.3 Å². The second-order valence-corrected chi connectivity index (χ2v) is 6.87. The second-order valence-electron chi connectivity index (χ2n) is 6.87. The molecule has 0 heterocycles. The summed E-state index contributed by atoms with van der Waals surface area (Å²) in [5, 5.41) is 5.27. The first-order valence-corrected chi connectivity index (χ1v) is 8.98. The Kier molecular flexibility index (Phi) is 7.12. The predicted octanol–water partition coefficient (Wildman–Crippen LogP) is 1.42. The topological polar surface area (TPSA) is 101 Å². The van der Waals surface area contributed by atoms with E-state index < -0.39 is 29.7 Å². The van der Waals surface area contributed by atoms with Crippen molar-refractivity contribution >= 4 is 17.7 Å². The highest BCUT2D eigenvalue weighted by Gasteiger charge is 2.31. The molecule has 0 radical (unpaired) electrons. The molecule has 1 saturated carbocycles. The van der Waals surface area contributed by atoms with Gasteiger partial charge in [-0.2, -0.15) is 0 Å². The lowest BCUT2D eigenvalue weighted by Gasteiger charge is -2.30. The first-order chi connectivity index (χ1) is 12.4. The lowest BCUT2D eigenvalue weighted by atomic mass is 9.83. The van der Waals surface area contributed by atoms with Crippen LogP contribution in [0.4, 0.5) is 4.39 Å². The Morgan fingerprint density at radius 3 is 2.46 bits per heavy atom. The average molecular weight is 363 g/mol. The van der Waals surface area contributed by atoms with Crippen molar-refractivity contribution in [2.45, 2.75) is 57.5 Å². The molecule has 2 atom stereocenters. The summed E-state index contributed by atoms with van der Waals surface area (Å²) in [4.78, 5) is 36.0. The molecule has 1 aromatic rings. The molecule has 1 fully saturated rings. The zero-order chi connectivity index (χ0) is 19.1. The number of carbonyl (C=O) groups excluding carboxylic acids is 3. The van der Waals surface area contributed by atoms with Crippen molar-refractivity contribution in [3.05, 3.63) is 35.6 Å². The van der Waals surface area contributed by atoms with Crippen LogP contribution in [0.3, 0.4) is 0 Å². The van der Waals surface area contributed by atoms with Crippen LogP contribution < -0.4 is 16.4 Å². The summed E-state index contributed by atoms with van der Waals surface area (Å²) >= 11 is 0. The summed E-state index contributed by atoms with van der Waals surface area (Å²) in [5.74, 6) is -1.84. The molecule has 1 aromatic carbocycles. The Morgan fingerprint density at radius 2 is 1.88 bits per heavy atom. The minimum atomic E-state index is -0.903. The molecule has 26 heavy (non-hydrogen) atoms. The molecule has 3 amide bonds. The molecule has 2 rings (SSSR count). The van der Waals surface area contributed by atoms with Crippen LogP contribution in [0.2, 0.25) is 0 Å². The van der Waals surface area contributed by atoms with Gasteiger partial charge in [0.05, 0.1) is 0 Å². The summed E-state index contributed by atoms with van der Waals surface area (Å²) in [6.07, 6.45) is 4.92. The van der Waals surface area contributed by atoms with Gasteiger partial charge in [-0.3, -0.25) is 14.4 Å². The number of primary amides is 1. The third-order valence-corrected chi connectivity index (χ3v) is 4.75. The third kappa shape index (κ3) is 5.82. The third-order valence-electron chi connectivity index (χ3n) is 4.75. The molecule has 0 saturated heterocycles. The Balaban J connectivity index is 2.10. The van der Waals surface area contributed by atoms with E-state index in [9.17, 15) is 18.8 Å². The second kappa shape index (κ2) is 9.31. The van der Waals surface area contributed by atoms with E-state index in [2.05, 4.69) is 10.6 Å². The van der Waals surface area contributed by atoms with Gasteiger partial charge < -0.3 is 16.4 Å². The SMILES string of the molecule is CC(=O)N[C@@H](Cc1cccc(F)c1)C(=O)N[C@H](C(N)=O)C1CCCCC1. The minimum absolute atomic E-state index is 0.0114. The number of rotatable bonds is 7.